The second kappa shape index (κ2) is 6.25. The van der Waals surface area contributed by atoms with Gasteiger partial charge >= 0.3 is 0 Å². The lowest BCUT2D eigenvalue weighted by Gasteiger charge is -1.95. The van der Waals surface area contributed by atoms with Gasteiger partial charge in [-0.25, -0.2) is 0 Å². The van der Waals surface area contributed by atoms with Crippen molar-refractivity contribution in [3.63, 3.8) is 0 Å². The van der Waals surface area contributed by atoms with Crippen molar-refractivity contribution < 1.29 is 15.1 Å². The summed E-state index contributed by atoms with van der Waals surface area (Å²) in [5.74, 6) is 0.229. The zero-order chi connectivity index (χ0) is 10.3. The van der Waals surface area contributed by atoms with Crippen LogP contribution < -0.4 is 0 Å². The Labute approximate surface area is 80.8 Å². The lowest BCUT2D eigenvalue weighted by molar-refractivity contribution is -0.114. The van der Waals surface area contributed by atoms with Crippen LogP contribution in [0.25, 0.3) is 0 Å². The van der Waals surface area contributed by atoms with E-state index in [4.69, 9.17) is 21.9 Å². The van der Waals surface area contributed by atoms with E-state index in [-0.39, 0.29) is 16.7 Å². The zero-order valence-corrected chi connectivity index (χ0v) is 7.82. The largest absolute Gasteiger partial charge is 0.508 e. The second-order valence-electron chi connectivity index (χ2n) is 2.23. The number of allylic oxidation sites excluding steroid dienone is 3. The van der Waals surface area contributed by atoms with Crippen LogP contribution in [0.5, 0.6) is 0 Å². The minimum atomic E-state index is 0.0443. The van der Waals surface area contributed by atoms with Crippen molar-refractivity contribution in [3.05, 3.63) is 24.0 Å². The van der Waals surface area contributed by atoms with Gasteiger partial charge < -0.3 is 10.3 Å². The fourth-order valence-corrected chi connectivity index (χ4v) is 0.520. The van der Waals surface area contributed by atoms with Crippen LogP contribution in [-0.2, 0) is 4.79 Å². The number of carbonyl (C=O) groups is 1. The minimum absolute atomic E-state index is 0.0443. The number of ketones is 1. The predicted molar refractivity (Wildman–Crippen MR) is 50.2 cm³/mol. The van der Waals surface area contributed by atoms with Crippen molar-refractivity contribution in [2.24, 2.45) is 5.16 Å². The van der Waals surface area contributed by atoms with E-state index < -0.39 is 0 Å². The van der Waals surface area contributed by atoms with E-state index in [1.54, 1.807) is 0 Å². The summed E-state index contributed by atoms with van der Waals surface area (Å²) in [5.41, 5.74) is 0. The number of hydrogen-bond acceptors (Lipinski definition) is 4. The molecule has 13 heavy (non-hydrogen) atoms. The molecule has 0 fully saturated rings. The van der Waals surface area contributed by atoms with Crippen LogP contribution in [0.1, 0.15) is 13.3 Å². The number of rotatable bonds is 0. The van der Waals surface area contributed by atoms with Crippen LogP contribution in [0.4, 0.5) is 0 Å². The van der Waals surface area contributed by atoms with Gasteiger partial charge in [0.1, 0.15) is 10.9 Å². The monoisotopic (exact) mass is 203 g/mol. The van der Waals surface area contributed by atoms with Crippen LogP contribution in [-0.4, -0.2) is 21.3 Å². The topological polar surface area (TPSA) is 69.9 Å². The molecule has 0 aromatic rings. The van der Waals surface area contributed by atoms with Crippen LogP contribution in [0.2, 0.25) is 0 Å². The molecule has 2 N–H and O–H groups in total. The highest BCUT2D eigenvalue weighted by Gasteiger charge is 1.99. The smallest absolute Gasteiger partial charge is 0.159 e. The summed E-state index contributed by atoms with van der Waals surface area (Å²) in [5, 5.41) is 19.0. The van der Waals surface area contributed by atoms with E-state index in [1.807, 2.05) is 0 Å². The average molecular weight is 204 g/mol. The van der Waals surface area contributed by atoms with Crippen LogP contribution in [0.3, 0.4) is 0 Å². The van der Waals surface area contributed by atoms with E-state index in [9.17, 15) is 4.79 Å². The Hall–Kier alpha value is -1.29. The van der Waals surface area contributed by atoms with Crippen molar-refractivity contribution in [2.75, 3.05) is 0 Å². The maximum Gasteiger partial charge on any atom is 0.159 e. The first-order valence-electron chi connectivity index (χ1n) is 3.50. The first-order valence-corrected chi connectivity index (χ1v) is 3.88. The Morgan fingerprint density at radius 2 is 2.15 bits per heavy atom. The van der Waals surface area contributed by atoms with Gasteiger partial charge in [0.25, 0.3) is 0 Å². The van der Waals surface area contributed by atoms with Crippen molar-refractivity contribution in [3.8, 4) is 0 Å². The van der Waals surface area contributed by atoms with E-state index >= 15 is 0 Å². The van der Waals surface area contributed by atoms with Crippen molar-refractivity contribution in [2.45, 2.75) is 13.3 Å². The summed E-state index contributed by atoms with van der Waals surface area (Å²) in [4.78, 5) is 10.4. The molecule has 0 bridgehead atoms. The molecule has 1 rings (SSSR count). The molecule has 0 aromatic carbocycles. The summed E-state index contributed by atoms with van der Waals surface area (Å²) in [6, 6.07) is 0. The minimum Gasteiger partial charge on any atom is -0.508 e. The zero-order valence-electron chi connectivity index (χ0n) is 7.07. The summed E-state index contributed by atoms with van der Waals surface area (Å²) in [6.45, 7) is 1.49. The van der Waals surface area contributed by atoms with Crippen molar-refractivity contribution >= 4 is 22.6 Å². The summed E-state index contributed by atoms with van der Waals surface area (Å²) < 4.78 is 0. The molecule has 72 valence electrons. The molecule has 0 amide bonds. The third-order valence-corrected chi connectivity index (χ3v) is 1.17. The Balaban J connectivity index is 0.000000252. The highest BCUT2D eigenvalue weighted by Crippen LogP contribution is 2.02. The number of aliphatic hydroxyl groups is 1. The fraction of sp³-hybridized carbons (Fsp3) is 0.250. The van der Waals surface area contributed by atoms with Crippen molar-refractivity contribution in [1.29, 1.82) is 0 Å². The number of halogens is 1. The van der Waals surface area contributed by atoms with Gasteiger partial charge in [-0.05, 0) is 25.2 Å². The lowest BCUT2D eigenvalue weighted by atomic mass is 10.1. The molecule has 0 saturated heterocycles. The number of hydrogen-bond donors (Lipinski definition) is 2. The summed E-state index contributed by atoms with van der Waals surface area (Å²) in [7, 11) is 0. The fourth-order valence-electron chi connectivity index (χ4n) is 0.520. The van der Waals surface area contributed by atoms with Gasteiger partial charge in [0.05, 0.1) is 0 Å². The van der Waals surface area contributed by atoms with E-state index in [0.717, 1.165) is 0 Å². The number of carbonyl (C=O) groups excluding carboxylic acids is 1. The molecule has 1 aliphatic carbocycles. The lowest BCUT2D eigenvalue weighted by Crippen LogP contribution is -1.94. The first kappa shape index (κ1) is 11.7. The Morgan fingerprint density at radius 3 is 2.38 bits per heavy atom. The Kier molecular flexibility index (Phi) is 5.63. The van der Waals surface area contributed by atoms with Crippen molar-refractivity contribution in [1.82, 2.24) is 0 Å². The molecule has 0 spiro atoms. The number of aliphatic hydroxyl groups excluding tert-OH is 1. The normalized spacial score (nSPS) is 16.0. The molecule has 0 atom stereocenters. The maximum atomic E-state index is 10.4. The van der Waals surface area contributed by atoms with Gasteiger partial charge in [0, 0.05) is 6.42 Å². The second-order valence-corrected chi connectivity index (χ2v) is 2.78. The highest BCUT2D eigenvalue weighted by molar-refractivity contribution is 6.64. The molecule has 1 aliphatic rings. The van der Waals surface area contributed by atoms with Gasteiger partial charge in [-0.2, -0.15) is 0 Å². The van der Waals surface area contributed by atoms with Crippen LogP contribution in [0.15, 0.2) is 29.1 Å². The van der Waals surface area contributed by atoms with Gasteiger partial charge in [0.2, 0.25) is 0 Å². The SMILES string of the molecule is CC(Cl)=NO.O=C1C=CC(O)=CC1. The molecule has 4 nitrogen and oxygen atoms in total. The molecule has 0 aromatic heterocycles. The number of oxime groups is 1. The standard InChI is InChI=1S/C6H6O2.C2H4ClNO/c7-5-1-2-6(8)4-3-5;1-2(3)4-5/h1-3,7H,4H2;5H,1H3. The quantitative estimate of drug-likeness (QED) is 0.359. The highest BCUT2D eigenvalue weighted by atomic mass is 35.5. The Morgan fingerprint density at radius 1 is 1.62 bits per heavy atom. The van der Waals surface area contributed by atoms with Gasteiger partial charge in [-0.3, -0.25) is 4.79 Å². The summed E-state index contributed by atoms with van der Waals surface area (Å²) >= 11 is 4.96. The summed E-state index contributed by atoms with van der Waals surface area (Å²) in [6.07, 6.45) is 4.59. The first-order chi connectivity index (χ1) is 6.06. The average Bonchev–Trinajstić information content (AvgIpc) is 2.11. The molecular formula is C8H10ClNO3. The van der Waals surface area contributed by atoms with Gasteiger partial charge in [-0.1, -0.05) is 16.8 Å². The van der Waals surface area contributed by atoms with E-state index in [2.05, 4.69) is 5.16 Å². The molecule has 0 radical (unpaired) electrons. The van der Waals surface area contributed by atoms with E-state index in [1.165, 1.54) is 25.2 Å². The van der Waals surface area contributed by atoms with Crippen LogP contribution in [0, 0.1) is 0 Å². The maximum absolute atomic E-state index is 10.4. The van der Waals surface area contributed by atoms with Gasteiger partial charge in [0.15, 0.2) is 5.78 Å². The van der Waals surface area contributed by atoms with Gasteiger partial charge in [-0.15, -0.1) is 0 Å². The van der Waals surface area contributed by atoms with E-state index in [0.29, 0.717) is 6.42 Å². The number of nitrogens with zero attached hydrogens (tertiary/aromatic N) is 1. The molecule has 5 heteroatoms. The third kappa shape index (κ3) is 7.08. The molecule has 0 saturated carbocycles. The molecular weight excluding hydrogens is 194 g/mol. The molecule has 0 aliphatic heterocycles. The predicted octanol–water partition coefficient (Wildman–Crippen LogP) is 1.99. The Bertz CT molecular complexity index is 262. The molecule has 0 heterocycles. The van der Waals surface area contributed by atoms with Crippen LogP contribution >= 0.6 is 11.6 Å². The molecule has 0 unspecified atom stereocenters. The third-order valence-electron chi connectivity index (χ3n) is 1.09.